The van der Waals surface area contributed by atoms with Crippen LogP contribution in [0.5, 0.6) is 0 Å². The zero-order valence-electron chi connectivity index (χ0n) is 36.8. The molecular weight excluding hydrogens is 683 g/mol. The zero-order chi connectivity index (χ0) is 42.5. The number of amides is 4. The summed E-state index contributed by atoms with van der Waals surface area (Å²) in [5.74, 6) is -1.14. The van der Waals surface area contributed by atoms with E-state index in [1.54, 1.807) is 4.90 Å². The first-order valence-electron chi connectivity index (χ1n) is 20.7. The number of aldehydes is 1. The second kappa shape index (κ2) is 30.2. The van der Waals surface area contributed by atoms with Crippen molar-refractivity contribution in [2.24, 2.45) is 22.0 Å². The lowest BCUT2D eigenvalue weighted by Gasteiger charge is -2.40. The van der Waals surface area contributed by atoms with Crippen LogP contribution in [0.15, 0.2) is 12.7 Å². The van der Waals surface area contributed by atoms with Gasteiger partial charge in [0.1, 0.15) is 12.3 Å². The predicted molar refractivity (Wildman–Crippen MR) is 224 cm³/mol. The summed E-state index contributed by atoms with van der Waals surface area (Å²) in [4.78, 5) is 69.8. The highest BCUT2D eigenvalue weighted by molar-refractivity contribution is 6.38. The number of nitrogens with zero attached hydrogens (tertiary/aromatic N) is 1. The van der Waals surface area contributed by atoms with Gasteiger partial charge < -0.3 is 31.4 Å². The number of hydrogen-bond donors (Lipinski definition) is 4. The maximum absolute atomic E-state index is 12.3. The van der Waals surface area contributed by atoms with Gasteiger partial charge in [-0.25, -0.2) is 0 Å². The van der Waals surface area contributed by atoms with Crippen molar-refractivity contribution < 1.29 is 28.8 Å². The first-order valence-corrected chi connectivity index (χ1v) is 20.7. The Labute approximate surface area is 330 Å². The van der Waals surface area contributed by atoms with Crippen molar-refractivity contribution in [3.8, 4) is 0 Å². The molecule has 2 rings (SSSR count). The molecule has 0 aromatic heterocycles. The molecule has 1 heterocycles. The van der Waals surface area contributed by atoms with Gasteiger partial charge in [-0.1, -0.05) is 141 Å². The SMILES string of the molecule is C=CCNC(=O)C(=O)C(N)CCCCC.CC.CC(C)(C)[C@H](NC=O)C(=O)N1CCCC1C=O.CC(NC(=O)C(C)(C)C)C1(C)CCCCC1.CCCC. The van der Waals surface area contributed by atoms with Gasteiger partial charge in [-0.15, -0.1) is 6.58 Å². The van der Waals surface area contributed by atoms with Gasteiger partial charge >= 0.3 is 0 Å². The van der Waals surface area contributed by atoms with Gasteiger partial charge in [0.25, 0.3) is 5.91 Å². The van der Waals surface area contributed by atoms with E-state index in [1.165, 1.54) is 51.0 Å². The molecule has 0 aromatic carbocycles. The fraction of sp³-hybridized carbons (Fsp3) is 0.814. The highest BCUT2D eigenvalue weighted by Gasteiger charge is 2.38. The molecule has 316 valence electrons. The minimum absolute atomic E-state index is 0.167. The Bertz CT molecular complexity index is 1070. The number of Topliss-reactive ketones (excluding diaryl/α,β-unsaturated/α-hetero) is 1. The topological polar surface area (TPSA) is 168 Å². The summed E-state index contributed by atoms with van der Waals surface area (Å²) < 4.78 is 0. The van der Waals surface area contributed by atoms with E-state index in [9.17, 15) is 28.8 Å². The molecule has 2 fully saturated rings. The summed E-state index contributed by atoms with van der Waals surface area (Å²) in [6.07, 6.45) is 17.1. The van der Waals surface area contributed by atoms with E-state index in [0.29, 0.717) is 43.8 Å². The van der Waals surface area contributed by atoms with Gasteiger partial charge in [-0.3, -0.25) is 24.0 Å². The Morgan fingerprint density at radius 1 is 0.907 bits per heavy atom. The minimum Gasteiger partial charge on any atom is -0.353 e. The van der Waals surface area contributed by atoms with Crippen molar-refractivity contribution in [2.75, 3.05) is 13.1 Å². The summed E-state index contributed by atoms with van der Waals surface area (Å²) in [5.41, 5.74) is 5.25. The van der Waals surface area contributed by atoms with Gasteiger partial charge in [-0.05, 0) is 49.9 Å². The van der Waals surface area contributed by atoms with Crippen LogP contribution in [-0.2, 0) is 28.8 Å². The fourth-order valence-electron chi connectivity index (χ4n) is 5.68. The van der Waals surface area contributed by atoms with Gasteiger partial charge in [0.05, 0.1) is 12.1 Å². The van der Waals surface area contributed by atoms with Gasteiger partial charge in [0.2, 0.25) is 24.0 Å². The maximum atomic E-state index is 12.3. The Balaban J connectivity index is -0.000000673. The van der Waals surface area contributed by atoms with Crippen LogP contribution in [0.25, 0.3) is 0 Å². The number of nitrogens with one attached hydrogen (secondary N) is 3. The Morgan fingerprint density at radius 3 is 1.89 bits per heavy atom. The van der Waals surface area contributed by atoms with Gasteiger partial charge in [0, 0.05) is 24.5 Å². The summed E-state index contributed by atoms with van der Waals surface area (Å²) >= 11 is 0. The number of carbonyl (C=O) groups excluding carboxylic acids is 6. The van der Waals surface area contributed by atoms with E-state index in [4.69, 9.17) is 5.73 Å². The van der Waals surface area contributed by atoms with Crippen LogP contribution in [0.2, 0.25) is 0 Å². The molecule has 5 N–H and O–H groups in total. The highest BCUT2D eigenvalue weighted by Crippen LogP contribution is 2.39. The van der Waals surface area contributed by atoms with Crippen LogP contribution in [0.4, 0.5) is 0 Å². The van der Waals surface area contributed by atoms with Crippen LogP contribution < -0.4 is 21.7 Å². The maximum Gasteiger partial charge on any atom is 0.289 e. The zero-order valence-corrected chi connectivity index (χ0v) is 36.8. The first-order chi connectivity index (χ1) is 25.2. The number of unbranched alkanes of at least 4 members (excludes halogenated alkanes) is 3. The van der Waals surface area contributed by atoms with Crippen molar-refractivity contribution >= 4 is 36.2 Å². The van der Waals surface area contributed by atoms with E-state index >= 15 is 0 Å². The van der Waals surface area contributed by atoms with Crippen LogP contribution in [0.3, 0.4) is 0 Å². The van der Waals surface area contributed by atoms with Crippen molar-refractivity contribution in [3.05, 3.63) is 12.7 Å². The number of hydrogen-bond acceptors (Lipinski definition) is 7. The smallest absolute Gasteiger partial charge is 0.289 e. The number of carbonyl (C=O) groups is 6. The van der Waals surface area contributed by atoms with E-state index in [0.717, 1.165) is 32.0 Å². The molecule has 3 unspecified atom stereocenters. The minimum atomic E-state index is -0.665. The predicted octanol–water partition coefficient (Wildman–Crippen LogP) is 7.44. The molecule has 1 aliphatic heterocycles. The average molecular weight is 766 g/mol. The summed E-state index contributed by atoms with van der Waals surface area (Å²) in [7, 11) is 0. The fourth-order valence-corrected chi connectivity index (χ4v) is 5.68. The molecule has 1 aliphatic carbocycles. The average Bonchev–Trinajstić information content (AvgIpc) is 3.62. The molecule has 0 bridgehead atoms. The van der Waals surface area contributed by atoms with Crippen LogP contribution in [0.1, 0.15) is 173 Å². The van der Waals surface area contributed by atoms with E-state index in [2.05, 4.69) is 57.1 Å². The normalized spacial score (nSPS) is 17.6. The summed E-state index contributed by atoms with van der Waals surface area (Å²) in [5, 5.41) is 8.16. The lowest BCUT2D eigenvalue weighted by molar-refractivity contribution is -0.140. The van der Waals surface area contributed by atoms with E-state index < -0.39 is 23.8 Å². The Morgan fingerprint density at radius 2 is 1.46 bits per heavy atom. The summed E-state index contributed by atoms with van der Waals surface area (Å²) in [6.45, 7) is 30.8. The number of nitrogens with two attached hydrogens (primary N) is 1. The standard InChI is InChI=1S/C14H27NO.C12H20N2O3.C11H20N2O2.C4H10.C2H6/c1-11(15-12(16)13(2,3)4)14(5)9-7-6-8-10-14;1-12(2,3)10(13-8-16)11(17)14-6-4-5-9(14)7-15;1-3-5-6-7-9(12)10(14)11(15)13-8-4-2;1-3-4-2;1-2/h11H,6-10H2,1-5H3,(H,15,16);7-10H,4-6H2,1-3H3,(H,13,16);4,9H,2-3,5-8,12H2,1H3,(H,13,15);3-4H2,1-2H3;1-2H3/t;9?,10-;;;/m.1.../s1. The van der Waals surface area contributed by atoms with Gasteiger partial charge in [0.15, 0.2) is 0 Å². The molecule has 54 heavy (non-hydrogen) atoms. The third-order valence-electron chi connectivity index (χ3n) is 9.74. The molecule has 2 aliphatic rings. The lowest BCUT2D eigenvalue weighted by atomic mass is 9.71. The molecule has 4 amide bonds. The number of rotatable bonds is 15. The lowest BCUT2D eigenvalue weighted by Crippen LogP contribution is -2.54. The second-order valence-electron chi connectivity index (χ2n) is 16.6. The molecule has 11 heteroatoms. The number of ketones is 1. The quantitative estimate of drug-likeness (QED) is 0.0582. The van der Waals surface area contributed by atoms with Crippen molar-refractivity contribution in [1.82, 2.24) is 20.9 Å². The third-order valence-corrected chi connectivity index (χ3v) is 9.74. The molecule has 0 aromatic rings. The van der Waals surface area contributed by atoms with Crippen LogP contribution in [-0.4, -0.2) is 78.4 Å². The molecule has 0 radical (unpaired) electrons. The number of likely N-dealkylation sites (tertiary alicyclic amines) is 1. The molecule has 1 saturated carbocycles. The molecular formula is C43H83N5O6. The van der Waals surface area contributed by atoms with Crippen LogP contribution >= 0.6 is 0 Å². The summed E-state index contributed by atoms with van der Waals surface area (Å²) in [6, 6.07) is -1.29. The van der Waals surface area contributed by atoms with Crippen molar-refractivity contribution in [2.45, 2.75) is 198 Å². The van der Waals surface area contributed by atoms with Crippen molar-refractivity contribution in [3.63, 3.8) is 0 Å². The highest BCUT2D eigenvalue weighted by atomic mass is 16.2. The van der Waals surface area contributed by atoms with E-state index in [1.807, 2.05) is 55.4 Å². The Kier molecular flexibility index (Phi) is 30.9. The first kappa shape index (κ1) is 55.3. The van der Waals surface area contributed by atoms with Gasteiger partial charge in [-0.2, -0.15) is 0 Å². The molecule has 1 saturated heterocycles. The monoisotopic (exact) mass is 766 g/mol. The third kappa shape index (κ3) is 23.0. The van der Waals surface area contributed by atoms with E-state index in [-0.39, 0.29) is 28.7 Å². The van der Waals surface area contributed by atoms with Crippen LogP contribution in [0, 0.1) is 16.2 Å². The molecule has 0 spiro atoms. The second-order valence-corrected chi connectivity index (χ2v) is 16.6. The molecule has 11 nitrogen and oxygen atoms in total. The molecule has 4 atom stereocenters. The Hall–Kier alpha value is -3.08. The van der Waals surface area contributed by atoms with Crippen molar-refractivity contribution in [1.29, 1.82) is 0 Å². The largest absolute Gasteiger partial charge is 0.353 e.